The fourth-order valence-electron chi connectivity index (χ4n) is 3.40. The third-order valence-corrected chi connectivity index (χ3v) is 4.48. The van der Waals surface area contributed by atoms with Gasteiger partial charge in [-0.3, -0.25) is 4.90 Å². The van der Waals surface area contributed by atoms with Crippen molar-refractivity contribution in [1.82, 2.24) is 4.90 Å². The first-order valence-electron chi connectivity index (χ1n) is 7.82. The van der Waals surface area contributed by atoms with Crippen LogP contribution in [0.5, 0.6) is 0 Å². The molecule has 3 nitrogen and oxygen atoms in total. The Morgan fingerprint density at radius 2 is 2.05 bits per heavy atom. The summed E-state index contributed by atoms with van der Waals surface area (Å²) in [6.45, 7) is 5.45. The van der Waals surface area contributed by atoms with Gasteiger partial charge in [0.05, 0.1) is 12.3 Å². The van der Waals surface area contributed by atoms with Crippen molar-refractivity contribution < 1.29 is 4.42 Å². The van der Waals surface area contributed by atoms with Gasteiger partial charge in [-0.2, -0.15) is 0 Å². The zero-order valence-corrected chi connectivity index (χ0v) is 12.3. The number of furan rings is 1. The van der Waals surface area contributed by atoms with Gasteiger partial charge in [-0.25, -0.2) is 0 Å². The molecule has 0 spiro atoms. The number of nitrogens with zero attached hydrogens (tertiary/aromatic N) is 1. The molecule has 2 rings (SSSR count). The van der Waals surface area contributed by atoms with E-state index in [-0.39, 0.29) is 12.1 Å². The highest BCUT2D eigenvalue weighted by Gasteiger charge is 2.32. The van der Waals surface area contributed by atoms with Crippen molar-refractivity contribution in [2.45, 2.75) is 70.5 Å². The number of hydrogen-bond acceptors (Lipinski definition) is 3. The van der Waals surface area contributed by atoms with Crippen molar-refractivity contribution in [3.63, 3.8) is 0 Å². The van der Waals surface area contributed by atoms with E-state index in [9.17, 15) is 0 Å². The molecule has 2 atom stereocenters. The van der Waals surface area contributed by atoms with E-state index < -0.39 is 0 Å². The SMILES string of the molecule is CCC(N)C(c1ccco1)N(CC)C1CCCCC1. The maximum Gasteiger partial charge on any atom is 0.122 e. The molecular formula is C16H28N2O. The summed E-state index contributed by atoms with van der Waals surface area (Å²) >= 11 is 0. The standard InChI is InChI=1S/C16H28N2O/c1-3-14(17)16(15-11-8-12-19-15)18(4-2)13-9-6-5-7-10-13/h8,11-14,16H,3-7,9-10,17H2,1-2H3. The summed E-state index contributed by atoms with van der Waals surface area (Å²) in [4.78, 5) is 2.58. The summed E-state index contributed by atoms with van der Waals surface area (Å²) in [6, 6.07) is 5.10. The minimum Gasteiger partial charge on any atom is -0.468 e. The molecular weight excluding hydrogens is 236 g/mol. The van der Waals surface area contributed by atoms with E-state index in [0.717, 1.165) is 18.7 Å². The number of rotatable bonds is 6. The molecule has 3 heteroatoms. The van der Waals surface area contributed by atoms with Gasteiger partial charge in [0.15, 0.2) is 0 Å². The Morgan fingerprint density at radius 1 is 1.32 bits per heavy atom. The van der Waals surface area contributed by atoms with Crippen LogP contribution in [0, 0.1) is 0 Å². The third kappa shape index (κ3) is 3.40. The van der Waals surface area contributed by atoms with Crippen LogP contribution in [0.4, 0.5) is 0 Å². The first-order valence-corrected chi connectivity index (χ1v) is 7.82. The van der Waals surface area contributed by atoms with Gasteiger partial charge < -0.3 is 10.2 Å². The predicted molar refractivity (Wildman–Crippen MR) is 79.0 cm³/mol. The minimum atomic E-state index is 0.146. The lowest BCUT2D eigenvalue weighted by Gasteiger charge is -2.40. The Labute approximate surface area is 117 Å². The molecule has 0 saturated heterocycles. The van der Waals surface area contributed by atoms with Crippen molar-refractivity contribution in [3.05, 3.63) is 24.2 Å². The van der Waals surface area contributed by atoms with Crippen molar-refractivity contribution in [2.75, 3.05) is 6.54 Å². The Balaban J connectivity index is 2.19. The highest BCUT2D eigenvalue weighted by molar-refractivity contribution is 5.08. The van der Waals surface area contributed by atoms with Crippen molar-refractivity contribution in [2.24, 2.45) is 5.73 Å². The largest absolute Gasteiger partial charge is 0.468 e. The fraction of sp³-hybridized carbons (Fsp3) is 0.750. The Kier molecular flexibility index (Phi) is 5.46. The molecule has 0 amide bonds. The van der Waals surface area contributed by atoms with E-state index in [4.69, 9.17) is 10.2 Å². The maximum atomic E-state index is 6.39. The van der Waals surface area contributed by atoms with Crippen LogP contribution in [-0.2, 0) is 0 Å². The second kappa shape index (κ2) is 7.11. The molecule has 1 fully saturated rings. The molecule has 0 aromatic carbocycles. The monoisotopic (exact) mass is 264 g/mol. The summed E-state index contributed by atoms with van der Waals surface area (Å²) in [6.07, 6.45) is 9.46. The van der Waals surface area contributed by atoms with Gasteiger partial charge in [0.2, 0.25) is 0 Å². The van der Waals surface area contributed by atoms with Crippen molar-refractivity contribution in [1.29, 1.82) is 0 Å². The smallest absolute Gasteiger partial charge is 0.122 e. The molecule has 0 bridgehead atoms. The van der Waals surface area contributed by atoms with Gasteiger partial charge >= 0.3 is 0 Å². The second-order valence-electron chi connectivity index (χ2n) is 5.65. The topological polar surface area (TPSA) is 42.4 Å². The molecule has 19 heavy (non-hydrogen) atoms. The molecule has 1 aliphatic carbocycles. The fourth-order valence-corrected chi connectivity index (χ4v) is 3.40. The molecule has 1 saturated carbocycles. The van der Waals surface area contributed by atoms with Crippen molar-refractivity contribution >= 4 is 0 Å². The first kappa shape index (κ1) is 14.6. The number of nitrogens with two attached hydrogens (primary N) is 1. The zero-order valence-electron chi connectivity index (χ0n) is 12.3. The average Bonchev–Trinajstić information content (AvgIpc) is 2.98. The van der Waals surface area contributed by atoms with Gasteiger partial charge in [-0.05, 0) is 37.9 Å². The minimum absolute atomic E-state index is 0.146. The molecule has 0 radical (unpaired) electrons. The van der Waals surface area contributed by atoms with Gasteiger partial charge in [0.25, 0.3) is 0 Å². The van der Waals surface area contributed by atoms with Crippen LogP contribution in [0.15, 0.2) is 22.8 Å². The molecule has 2 unspecified atom stereocenters. The normalized spacial score (nSPS) is 20.6. The first-order chi connectivity index (χ1) is 9.27. The molecule has 1 aliphatic rings. The molecule has 1 aromatic rings. The van der Waals surface area contributed by atoms with Gasteiger partial charge in [-0.15, -0.1) is 0 Å². The van der Waals surface area contributed by atoms with Crippen LogP contribution in [0.1, 0.15) is 64.2 Å². The quantitative estimate of drug-likeness (QED) is 0.851. The molecule has 108 valence electrons. The van der Waals surface area contributed by atoms with E-state index in [2.05, 4.69) is 24.8 Å². The predicted octanol–water partition coefficient (Wildman–Crippen LogP) is 3.71. The lowest BCUT2D eigenvalue weighted by Crippen LogP contribution is -2.46. The van der Waals surface area contributed by atoms with E-state index in [1.54, 1.807) is 6.26 Å². The number of likely N-dealkylation sites (N-methyl/N-ethyl adjacent to an activating group) is 1. The third-order valence-electron chi connectivity index (χ3n) is 4.48. The summed E-state index contributed by atoms with van der Waals surface area (Å²) in [5.74, 6) is 1.03. The summed E-state index contributed by atoms with van der Waals surface area (Å²) in [7, 11) is 0. The van der Waals surface area contributed by atoms with E-state index in [1.165, 1.54) is 32.1 Å². The highest BCUT2D eigenvalue weighted by Crippen LogP contribution is 2.32. The summed E-state index contributed by atoms with van der Waals surface area (Å²) in [5, 5.41) is 0. The molecule has 2 N–H and O–H groups in total. The van der Waals surface area contributed by atoms with Gasteiger partial charge in [0, 0.05) is 12.1 Å². The van der Waals surface area contributed by atoms with Crippen LogP contribution in [-0.4, -0.2) is 23.5 Å². The van der Waals surface area contributed by atoms with E-state index in [1.807, 2.05) is 6.07 Å². The summed E-state index contributed by atoms with van der Waals surface area (Å²) in [5.41, 5.74) is 6.39. The average molecular weight is 264 g/mol. The number of hydrogen-bond donors (Lipinski definition) is 1. The van der Waals surface area contributed by atoms with Crippen LogP contribution < -0.4 is 5.73 Å². The zero-order chi connectivity index (χ0) is 13.7. The Hall–Kier alpha value is -0.800. The van der Waals surface area contributed by atoms with Crippen LogP contribution in [0.3, 0.4) is 0 Å². The highest BCUT2D eigenvalue weighted by atomic mass is 16.3. The summed E-state index contributed by atoms with van der Waals surface area (Å²) < 4.78 is 5.67. The van der Waals surface area contributed by atoms with Crippen LogP contribution in [0.2, 0.25) is 0 Å². The van der Waals surface area contributed by atoms with Gasteiger partial charge in [0.1, 0.15) is 5.76 Å². The lowest BCUT2D eigenvalue weighted by molar-refractivity contribution is 0.0802. The maximum absolute atomic E-state index is 6.39. The van der Waals surface area contributed by atoms with Crippen molar-refractivity contribution in [3.8, 4) is 0 Å². The van der Waals surface area contributed by atoms with Crippen LogP contribution >= 0.6 is 0 Å². The Bertz CT molecular complexity index is 344. The van der Waals surface area contributed by atoms with E-state index in [0.29, 0.717) is 6.04 Å². The van der Waals surface area contributed by atoms with Crippen LogP contribution in [0.25, 0.3) is 0 Å². The molecule has 1 aromatic heterocycles. The Morgan fingerprint density at radius 3 is 2.58 bits per heavy atom. The molecule has 1 heterocycles. The van der Waals surface area contributed by atoms with Gasteiger partial charge in [-0.1, -0.05) is 33.1 Å². The van der Waals surface area contributed by atoms with E-state index >= 15 is 0 Å². The molecule has 0 aliphatic heterocycles. The lowest BCUT2D eigenvalue weighted by atomic mass is 9.91. The second-order valence-corrected chi connectivity index (χ2v) is 5.65.